The number of amides is 1. The predicted octanol–water partition coefficient (Wildman–Crippen LogP) is 5.89. The molecule has 4 rings (SSSR count). The number of Topliss-reactive ketones (excluding diaryl/α,β-unsaturated/α-hetero) is 1. The van der Waals surface area contributed by atoms with Gasteiger partial charge in [-0.05, 0) is 58.5 Å². The van der Waals surface area contributed by atoms with Crippen LogP contribution >= 0.6 is 0 Å². The molecule has 5 nitrogen and oxygen atoms in total. The van der Waals surface area contributed by atoms with Crippen molar-refractivity contribution in [1.82, 2.24) is 4.90 Å². The first-order valence-corrected chi connectivity index (χ1v) is 11.5. The maximum atomic E-state index is 13.7. The van der Waals surface area contributed by atoms with Crippen LogP contribution < -0.4 is 4.74 Å². The van der Waals surface area contributed by atoms with E-state index in [1.54, 1.807) is 12.1 Å². The van der Waals surface area contributed by atoms with Crippen LogP contribution in [0.2, 0.25) is 0 Å². The molecule has 0 radical (unpaired) electrons. The Kier molecular flexibility index (Phi) is 6.67. The number of carbonyl (C=O) groups is 2. The Morgan fingerprint density at radius 3 is 2.08 bits per heavy atom. The molecule has 3 aromatic carbocycles. The Morgan fingerprint density at radius 1 is 0.944 bits per heavy atom. The minimum Gasteiger partial charge on any atom is -0.507 e. The maximum Gasteiger partial charge on any atom is 0.295 e. The lowest BCUT2D eigenvalue weighted by Gasteiger charge is -2.26. The number of halogens is 2. The summed E-state index contributed by atoms with van der Waals surface area (Å²) in [5.74, 6) is -2.64. The molecule has 1 N–H and O–H groups in total. The summed E-state index contributed by atoms with van der Waals surface area (Å²) in [4.78, 5) is 27.8. The number of nitrogens with zero attached hydrogens (tertiary/aromatic N) is 1. The quantitative estimate of drug-likeness (QED) is 0.274. The van der Waals surface area contributed by atoms with E-state index in [0.717, 1.165) is 5.56 Å². The smallest absolute Gasteiger partial charge is 0.295 e. The molecule has 186 valence electrons. The van der Waals surface area contributed by atoms with Gasteiger partial charge in [-0.25, -0.2) is 8.78 Å². The number of ketones is 1. The molecule has 7 heteroatoms. The number of aliphatic hydroxyl groups excluding tert-OH is 1. The molecule has 1 aliphatic rings. The molecule has 0 spiro atoms. The van der Waals surface area contributed by atoms with Crippen molar-refractivity contribution in [3.63, 3.8) is 0 Å². The summed E-state index contributed by atoms with van der Waals surface area (Å²) in [6.07, 6.45) is 0. The molecule has 1 aliphatic heterocycles. The van der Waals surface area contributed by atoms with Crippen LogP contribution in [0.5, 0.6) is 5.75 Å². The van der Waals surface area contributed by atoms with Crippen LogP contribution in [-0.2, 0) is 21.5 Å². The minimum absolute atomic E-state index is 0.0111. The van der Waals surface area contributed by atoms with Crippen LogP contribution in [0.1, 0.15) is 49.1 Å². The highest BCUT2D eigenvalue weighted by molar-refractivity contribution is 6.46. The molecule has 0 aliphatic carbocycles. The first kappa shape index (κ1) is 25.1. The van der Waals surface area contributed by atoms with Crippen molar-refractivity contribution in [3.8, 4) is 5.75 Å². The molecule has 0 aromatic heterocycles. The third-order valence-electron chi connectivity index (χ3n) is 6.31. The van der Waals surface area contributed by atoms with Crippen molar-refractivity contribution >= 4 is 17.4 Å². The Bertz CT molecular complexity index is 1340. The summed E-state index contributed by atoms with van der Waals surface area (Å²) in [6, 6.07) is 15.3. The molecule has 1 amide bonds. The fraction of sp³-hybridized carbons (Fsp3) is 0.241. The zero-order valence-electron chi connectivity index (χ0n) is 20.5. The van der Waals surface area contributed by atoms with Crippen LogP contribution in [0.25, 0.3) is 5.76 Å². The second kappa shape index (κ2) is 9.57. The predicted molar refractivity (Wildman–Crippen MR) is 132 cm³/mol. The fourth-order valence-electron chi connectivity index (χ4n) is 4.33. The number of hydrogen-bond donors (Lipinski definition) is 1. The standard InChI is InChI=1S/C29H27F2NO4/c1-29(2,3)19-9-14-23(36-4)22(15-19)26(33)24-25(18-7-12-21(31)13-8-18)32(28(35)27(24)34)16-17-5-10-20(30)11-6-17/h5-15,25,33H,16H2,1-4H3/b26-24+. The molecular formula is C29H27F2NO4. The largest absolute Gasteiger partial charge is 0.507 e. The summed E-state index contributed by atoms with van der Waals surface area (Å²) < 4.78 is 32.6. The summed E-state index contributed by atoms with van der Waals surface area (Å²) in [5, 5.41) is 11.5. The highest BCUT2D eigenvalue weighted by Gasteiger charge is 2.46. The lowest BCUT2D eigenvalue weighted by atomic mass is 9.85. The van der Waals surface area contributed by atoms with Crippen molar-refractivity contribution < 1.29 is 28.2 Å². The van der Waals surface area contributed by atoms with Gasteiger partial charge in [0.05, 0.1) is 24.3 Å². The van der Waals surface area contributed by atoms with E-state index in [1.807, 2.05) is 26.8 Å². The number of hydrogen-bond acceptors (Lipinski definition) is 4. The van der Waals surface area contributed by atoms with Gasteiger partial charge < -0.3 is 14.7 Å². The summed E-state index contributed by atoms with van der Waals surface area (Å²) in [5.41, 5.74) is 1.83. The Balaban J connectivity index is 1.91. The number of benzene rings is 3. The van der Waals surface area contributed by atoms with E-state index in [4.69, 9.17) is 4.74 Å². The van der Waals surface area contributed by atoms with Gasteiger partial charge in [0.2, 0.25) is 0 Å². The summed E-state index contributed by atoms with van der Waals surface area (Å²) in [6.45, 7) is 6.03. The zero-order valence-corrected chi connectivity index (χ0v) is 20.5. The van der Waals surface area contributed by atoms with E-state index in [9.17, 15) is 23.5 Å². The van der Waals surface area contributed by atoms with Crippen LogP contribution in [0.15, 0.2) is 72.3 Å². The number of aliphatic hydroxyl groups is 1. The normalized spacial score (nSPS) is 17.5. The van der Waals surface area contributed by atoms with Crippen molar-refractivity contribution in [3.05, 3.63) is 106 Å². The molecule has 1 heterocycles. The topological polar surface area (TPSA) is 66.8 Å². The van der Waals surface area contributed by atoms with Crippen molar-refractivity contribution in [2.75, 3.05) is 7.11 Å². The lowest BCUT2D eigenvalue weighted by Crippen LogP contribution is -2.29. The van der Waals surface area contributed by atoms with Gasteiger partial charge in [0, 0.05) is 6.54 Å². The SMILES string of the molecule is COc1ccc(C(C)(C)C)cc1/C(O)=C1\C(=O)C(=O)N(Cc2ccc(F)cc2)C1c1ccc(F)cc1. The number of ether oxygens (including phenoxy) is 1. The molecule has 0 bridgehead atoms. The van der Waals surface area contributed by atoms with Crippen molar-refractivity contribution in [2.45, 2.75) is 38.8 Å². The van der Waals surface area contributed by atoms with Crippen molar-refractivity contribution in [2.24, 2.45) is 0 Å². The zero-order chi connectivity index (χ0) is 26.2. The van der Waals surface area contributed by atoms with Crippen molar-refractivity contribution in [1.29, 1.82) is 0 Å². The summed E-state index contributed by atoms with van der Waals surface area (Å²) >= 11 is 0. The van der Waals surface area contributed by atoms with E-state index >= 15 is 0 Å². The second-order valence-corrected chi connectivity index (χ2v) is 9.77. The van der Waals surface area contributed by atoms with Crippen LogP contribution in [0.4, 0.5) is 8.78 Å². The molecule has 1 atom stereocenters. The highest BCUT2D eigenvalue weighted by atomic mass is 19.1. The highest BCUT2D eigenvalue weighted by Crippen LogP contribution is 2.42. The maximum absolute atomic E-state index is 13.7. The van der Waals surface area contributed by atoms with Gasteiger partial charge in [-0.1, -0.05) is 51.1 Å². The molecule has 1 unspecified atom stereocenters. The molecule has 36 heavy (non-hydrogen) atoms. The van der Waals surface area contributed by atoms with Gasteiger partial charge >= 0.3 is 0 Å². The first-order valence-electron chi connectivity index (χ1n) is 11.5. The van der Waals surface area contributed by atoms with Crippen LogP contribution in [-0.4, -0.2) is 28.8 Å². The number of methoxy groups -OCH3 is 1. The van der Waals surface area contributed by atoms with Gasteiger partial charge in [-0.15, -0.1) is 0 Å². The monoisotopic (exact) mass is 491 g/mol. The van der Waals surface area contributed by atoms with E-state index in [-0.39, 0.29) is 28.9 Å². The number of rotatable bonds is 5. The summed E-state index contributed by atoms with van der Waals surface area (Å²) in [7, 11) is 1.45. The van der Waals surface area contributed by atoms with Crippen LogP contribution in [0.3, 0.4) is 0 Å². The van der Waals surface area contributed by atoms with E-state index in [0.29, 0.717) is 16.9 Å². The van der Waals surface area contributed by atoms with Gasteiger partial charge in [-0.2, -0.15) is 0 Å². The molecule has 1 fully saturated rings. The second-order valence-electron chi connectivity index (χ2n) is 9.77. The lowest BCUT2D eigenvalue weighted by molar-refractivity contribution is -0.140. The Morgan fingerprint density at radius 2 is 1.53 bits per heavy atom. The number of carbonyl (C=O) groups excluding carboxylic acids is 2. The van der Waals surface area contributed by atoms with Gasteiger partial charge in [-0.3, -0.25) is 9.59 Å². The van der Waals surface area contributed by atoms with E-state index in [2.05, 4.69) is 0 Å². The third-order valence-corrected chi connectivity index (χ3v) is 6.31. The first-order chi connectivity index (χ1) is 17.0. The molecular weight excluding hydrogens is 464 g/mol. The van der Waals surface area contributed by atoms with E-state index < -0.39 is 29.4 Å². The van der Waals surface area contributed by atoms with Gasteiger partial charge in [0.15, 0.2) is 0 Å². The average molecular weight is 492 g/mol. The Hall–Kier alpha value is -4.00. The van der Waals surface area contributed by atoms with E-state index in [1.165, 1.54) is 60.5 Å². The third kappa shape index (κ3) is 4.73. The number of likely N-dealkylation sites (tertiary alicyclic amines) is 1. The van der Waals surface area contributed by atoms with Crippen LogP contribution in [0, 0.1) is 11.6 Å². The average Bonchev–Trinajstić information content (AvgIpc) is 3.09. The fourth-order valence-corrected chi connectivity index (χ4v) is 4.33. The molecule has 0 saturated carbocycles. The molecule has 1 saturated heterocycles. The minimum atomic E-state index is -0.987. The Labute approximate surface area is 208 Å². The molecule has 3 aromatic rings. The van der Waals surface area contributed by atoms with Gasteiger partial charge in [0.1, 0.15) is 23.1 Å². The van der Waals surface area contributed by atoms with Gasteiger partial charge in [0.25, 0.3) is 11.7 Å².